The number of alkyl halides is 3. The molecule has 2 rings (SSSR count). The summed E-state index contributed by atoms with van der Waals surface area (Å²) in [6.45, 7) is 1.49. The third kappa shape index (κ3) is 3.04. The van der Waals surface area contributed by atoms with Crippen LogP contribution in [-0.4, -0.2) is 25.1 Å². The van der Waals surface area contributed by atoms with Crippen molar-refractivity contribution in [3.05, 3.63) is 29.3 Å². The van der Waals surface area contributed by atoms with Gasteiger partial charge >= 0.3 is 6.18 Å². The molecule has 1 aromatic rings. The van der Waals surface area contributed by atoms with Gasteiger partial charge in [-0.3, -0.25) is 0 Å². The summed E-state index contributed by atoms with van der Waals surface area (Å²) in [5.74, 6) is 0. The van der Waals surface area contributed by atoms with Crippen LogP contribution < -0.4 is 10.5 Å². The molecule has 1 saturated carbocycles. The van der Waals surface area contributed by atoms with E-state index in [1.165, 1.54) is 25.1 Å². The number of nitrogens with one attached hydrogen (secondary N) is 1. The van der Waals surface area contributed by atoms with Crippen molar-refractivity contribution in [2.75, 3.05) is 0 Å². The lowest BCUT2D eigenvalue weighted by molar-refractivity contribution is -0.160. The Morgan fingerprint density at radius 3 is 2.38 bits per heavy atom. The third-order valence-corrected chi connectivity index (χ3v) is 5.30. The highest BCUT2D eigenvalue weighted by molar-refractivity contribution is 7.89. The van der Waals surface area contributed by atoms with Gasteiger partial charge in [-0.2, -0.15) is 17.9 Å². The Morgan fingerprint density at radius 2 is 1.95 bits per heavy atom. The van der Waals surface area contributed by atoms with E-state index in [4.69, 9.17) is 18.0 Å². The second-order valence-corrected chi connectivity index (χ2v) is 7.12. The van der Waals surface area contributed by atoms with Gasteiger partial charge in [-0.15, -0.1) is 0 Å². The molecule has 0 saturated heterocycles. The van der Waals surface area contributed by atoms with Crippen LogP contribution in [0.2, 0.25) is 0 Å². The molecule has 0 radical (unpaired) electrons. The summed E-state index contributed by atoms with van der Waals surface area (Å²) < 4.78 is 64.9. The maximum atomic E-state index is 12.9. The van der Waals surface area contributed by atoms with E-state index in [0.717, 1.165) is 0 Å². The summed E-state index contributed by atoms with van der Waals surface area (Å²) >= 11 is 4.75. The van der Waals surface area contributed by atoms with E-state index in [2.05, 4.69) is 0 Å². The van der Waals surface area contributed by atoms with Gasteiger partial charge in [0.2, 0.25) is 10.0 Å². The summed E-state index contributed by atoms with van der Waals surface area (Å²) in [5.41, 5.74) is 3.68. The van der Waals surface area contributed by atoms with Gasteiger partial charge in [0.25, 0.3) is 0 Å². The second kappa shape index (κ2) is 4.92. The fraction of sp³-hybridized carbons (Fsp3) is 0.417. The molecule has 1 fully saturated rings. The van der Waals surface area contributed by atoms with Crippen LogP contribution in [-0.2, 0) is 10.0 Å². The fourth-order valence-corrected chi connectivity index (χ4v) is 3.77. The van der Waals surface area contributed by atoms with E-state index in [0.29, 0.717) is 5.56 Å². The molecule has 3 N–H and O–H groups in total. The monoisotopic (exact) mass is 338 g/mol. The zero-order valence-electron chi connectivity index (χ0n) is 11.0. The predicted octanol–water partition coefficient (Wildman–Crippen LogP) is 2.00. The lowest BCUT2D eigenvalue weighted by atomic mass is 10.1. The van der Waals surface area contributed by atoms with Gasteiger partial charge in [-0.1, -0.05) is 24.4 Å². The van der Waals surface area contributed by atoms with Crippen molar-refractivity contribution >= 4 is 27.2 Å². The number of halogens is 3. The van der Waals surface area contributed by atoms with Gasteiger partial charge in [0, 0.05) is 5.56 Å². The minimum atomic E-state index is -4.62. The molecule has 1 aliphatic rings. The molecule has 1 aliphatic carbocycles. The minimum Gasteiger partial charge on any atom is -0.389 e. The molecule has 0 heterocycles. The Morgan fingerprint density at radius 1 is 1.38 bits per heavy atom. The van der Waals surface area contributed by atoms with Crippen molar-refractivity contribution in [2.45, 2.75) is 36.4 Å². The zero-order chi connectivity index (χ0) is 16.1. The number of hydrogen-bond donors (Lipinski definition) is 2. The highest BCUT2D eigenvalue weighted by Gasteiger charge is 2.65. The molecule has 0 spiro atoms. The summed E-state index contributed by atoms with van der Waals surface area (Å²) in [6.07, 6.45) is -5.14. The van der Waals surface area contributed by atoms with Crippen LogP contribution >= 0.6 is 12.2 Å². The van der Waals surface area contributed by atoms with Crippen molar-refractivity contribution < 1.29 is 21.6 Å². The normalized spacial score (nSPS) is 17.5. The number of sulfonamides is 1. The van der Waals surface area contributed by atoms with Crippen LogP contribution in [0.3, 0.4) is 0 Å². The maximum absolute atomic E-state index is 12.9. The van der Waals surface area contributed by atoms with Crippen LogP contribution in [0.4, 0.5) is 13.2 Å². The van der Waals surface area contributed by atoms with Crippen LogP contribution in [0.5, 0.6) is 0 Å². The SMILES string of the molecule is Cc1ccc(C(N)=S)cc1S(=O)(=O)NC1(C(F)(F)F)CC1. The van der Waals surface area contributed by atoms with E-state index in [1.54, 1.807) is 4.72 Å². The number of thiocarbonyl (C=S) groups is 1. The van der Waals surface area contributed by atoms with E-state index in [-0.39, 0.29) is 28.3 Å². The summed E-state index contributed by atoms with van der Waals surface area (Å²) in [7, 11) is -4.31. The lowest BCUT2D eigenvalue weighted by Gasteiger charge is -2.21. The van der Waals surface area contributed by atoms with Gasteiger partial charge in [-0.25, -0.2) is 8.42 Å². The van der Waals surface area contributed by atoms with Crippen molar-refractivity contribution in [3.63, 3.8) is 0 Å². The summed E-state index contributed by atoms with van der Waals surface area (Å²) in [4.78, 5) is -0.272. The molecular weight excluding hydrogens is 325 g/mol. The van der Waals surface area contributed by atoms with Gasteiger partial charge in [0.05, 0.1) is 4.90 Å². The van der Waals surface area contributed by atoms with Gasteiger partial charge < -0.3 is 5.73 Å². The highest BCUT2D eigenvalue weighted by atomic mass is 32.2. The van der Waals surface area contributed by atoms with E-state index in [9.17, 15) is 21.6 Å². The second-order valence-electron chi connectivity index (χ2n) is 5.03. The molecule has 1 aromatic carbocycles. The number of nitrogens with two attached hydrogens (primary N) is 1. The van der Waals surface area contributed by atoms with Crippen molar-refractivity contribution in [1.82, 2.24) is 4.72 Å². The lowest BCUT2D eigenvalue weighted by Crippen LogP contribution is -2.47. The van der Waals surface area contributed by atoms with E-state index < -0.39 is 21.7 Å². The smallest absolute Gasteiger partial charge is 0.389 e. The molecule has 0 amide bonds. The van der Waals surface area contributed by atoms with Crippen LogP contribution in [0.15, 0.2) is 23.1 Å². The van der Waals surface area contributed by atoms with E-state index >= 15 is 0 Å². The zero-order valence-corrected chi connectivity index (χ0v) is 12.6. The molecule has 4 nitrogen and oxygen atoms in total. The molecular formula is C12H13F3N2O2S2. The standard InChI is InChI=1S/C12H13F3N2O2S2/c1-7-2-3-8(10(16)20)6-9(7)21(18,19)17-11(4-5-11)12(13,14)15/h2-3,6,17H,4-5H2,1H3,(H2,16,20). The van der Waals surface area contributed by atoms with Gasteiger partial charge in [0.1, 0.15) is 10.5 Å². The first-order valence-corrected chi connectivity index (χ1v) is 7.89. The average molecular weight is 338 g/mol. The van der Waals surface area contributed by atoms with E-state index in [1.807, 2.05) is 0 Å². The maximum Gasteiger partial charge on any atom is 0.407 e. The predicted molar refractivity (Wildman–Crippen MR) is 75.4 cm³/mol. The highest BCUT2D eigenvalue weighted by Crippen LogP contribution is 2.49. The molecule has 0 atom stereocenters. The van der Waals surface area contributed by atoms with Gasteiger partial charge in [-0.05, 0) is 31.4 Å². The number of benzene rings is 1. The first-order valence-electron chi connectivity index (χ1n) is 6.00. The Bertz CT molecular complexity index is 695. The number of hydrogen-bond acceptors (Lipinski definition) is 3. The average Bonchev–Trinajstić information content (AvgIpc) is 3.08. The molecule has 0 aromatic heterocycles. The Labute approximate surface area is 125 Å². The minimum absolute atomic E-state index is 0.0246. The summed E-state index contributed by atoms with van der Waals surface area (Å²) in [6, 6.07) is 4.16. The molecule has 9 heteroatoms. The first-order chi connectivity index (χ1) is 9.48. The largest absolute Gasteiger partial charge is 0.407 e. The van der Waals surface area contributed by atoms with Crippen molar-refractivity contribution in [3.8, 4) is 0 Å². The first kappa shape index (κ1) is 16.2. The third-order valence-electron chi connectivity index (χ3n) is 3.38. The molecule has 21 heavy (non-hydrogen) atoms. The Hall–Kier alpha value is -1.19. The Balaban J connectivity index is 2.41. The quantitative estimate of drug-likeness (QED) is 0.824. The Kier molecular flexibility index (Phi) is 3.79. The fourth-order valence-electron chi connectivity index (χ4n) is 1.92. The number of aryl methyl sites for hydroxylation is 1. The van der Waals surface area contributed by atoms with Crippen molar-refractivity contribution in [2.24, 2.45) is 5.73 Å². The van der Waals surface area contributed by atoms with Crippen LogP contribution in [0, 0.1) is 6.92 Å². The molecule has 0 unspecified atom stereocenters. The molecule has 0 aliphatic heterocycles. The molecule has 0 bridgehead atoms. The topological polar surface area (TPSA) is 72.2 Å². The van der Waals surface area contributed by atoms with Crippen molar-refractivity contribution in [1.29, 1.82) is 0 Å². The summed E-state index contributed by atoms with van der Waals surface area (Å²) in [5, 5.41) is 0. The van der Waals surface area contributed by atoms with Crippen LogP contribution in [0.1, 0.15) is 24.0 Å². The molecule has 116 valence electrons. The number of rotatable bonds is 4. The van der Waals surface area contributed by atoms with Crippen LogP contribution in [0.25, 0.3) is 0 Å². The van der Waals surface area contributed by atoms with Gasteiger partial charge in [0.15, 0.2) is 0 Å².